The van der Waals surface area contributed by atoms with Crippen molar-refractivity contribution in [3.05, 3.63) is 20.2 Å². The second-order valence-corrected chi connectivity index (χ2v) is 5.10. The first kappa shape index (κ1) is 13.1. The quantitative estimate of drug-likeness (QED) is 0.626. The van der Waals surface area contributed by atoms with Crippen LogP contribution in [0.25, 0.3) is 0 Å². The van der Waals surface area contributed by atoms with Gasteiger partial charge in [-0.25, -0.2) is 9.97 Å². The Morgan fingerprint density at radius 1 is 1.40 bits per heavy atom. The third-order valence-electron chi connectivity index (χ3n) is 2.26. The summed E-state index contributed by atoms with van der Waals surface area (Å²) in [5.41, 5.74) is 0.466. The Labute approximate surface area is 109 Å². The number of hydrogen-bond acceptors (Lipinski definition) is 3. The van der Waals surface area contributed by atoms with Crippen LogP contribution in [0, 0.1) is 3.57 Å². The van der Waals surface area contributed by atoms with Crippen molar-refractivity contribution in [2.24, 2.45) is 0 Å². The molecular formula is C10H14ClIN2O. The van der Waals surface area contributed by atoms with Crippen molar-refractivity contribution in [1.29, 1.82) is 0 Å². The van der Waals surface area contributed by atoms with Crippen molar-refractivity contribution in [3.8, 4) is 0 Å². The van der Waals surface area contributed by atoms with Crippen LogP contribution in [0.1, 0.15) is 32.3 Å². The summed E-state index contributed by atoms with van der Waals surface area (Å²) in [5.74, 6) is 0.632. The van der Waals surface area contributed by atoms with Crippen LogP contribution in [0.3, 0.4) is 0 Å². The fourth-order valence-electron chi connectivity index (χ4n) is 1.06. The second kappa shape index (κ2) is 4.93. The van der Waals surface area contributed by atoms with E-state index in [0.29, 0.717) is 11.0 Å². The smallest absolute Gasteiger partial charge is 0.161 e. The average Bonchev–Trinajstić information content (AvgIpc) is 2.21. The Bertz CT molecular complexity index is 369. The van der Waals surface area contributed by atoms with E-state index in [-0.39, 0.29) is 0 Å². The minimum Gasteiger partial charge on any atom is -0.371 e. The summed E-state index contributed by atoms with van der Waals surface area (Å²) in [6, 6.07) is 0. The highest BCUT2D eigenvalue weighted by molar-refractivity contribution is 14.1. The van der Waals surface area contributed by atoms with E-state index in [4.69, 9.17) is 16.3 Å². The van der Waals surface area contributed by atoms with E-state index >= 15 is 0 Å². The molecule has 0 aromatic carbocycles. The molecule has 5 heteroatoms. The highest BCUT2D eigenvalue weighted by Crippen LogP contribution is 2.26. The van der Waals surface area contributed by atoms with Crippen LogP contribution in [0.15, 0.2) is 0 Å². The monoisotopic (exact) mass is 340 g/mol. The third kappa shape index (κ3) is 2.79. The number of halogens is 2. The molecular weight excluding hydrogens is 326 g/mol. The van der Waals surface area contributed by atoms with E-state index in [1.54, 1.807) is 7.11 Å². The molecule has 84 valence electrons. The Kier molecular flexibility index (Phi) is 4.31. The number of nitrogens with zero attached hydrogens (tertiary/aromatic N) is 2. The topological polar surface area (TPSA) is 35.0 Å². The van der Waals surface area contributed by atoms with Gasteiger partial charge >= 0.3 is 0 Å². The summed E-state index contributed by atoms with van der Waals surface area (Å²) < 4.78 is 6.26. The molecule has 0 bridgehead atoms. The third-order valence-corrected chi connectivity index (χ3v) is 3.99. The standard InChI is InChI=1S/C10H14ClIN2O/c1-5-6-7(12)8(11)14-9(13-6)10(2,3)15-4/h5H2,1-4H3. The van der Waals surface area contributed by atoms with Crippen molar-refractivity contribution in [2.45, 2.75) is 32.8 Å². The molecule has 0 atom stereocenters. The van der Waals surface area contributed by atoms with Gasteiger partial charge < -0.3 is 4.74 Å². The van der Waals surface area contributed by atoms with Gasteiger partial charge in [-0.15, -0.1) is 0 Å². The van der Waals surface area contributed by atoms with E-state index in [1.807, 2.05) is 20.8 Å². The summed E-state index contributed by atoms with van der Waals surface area (Å²) in [4.78, 5) is 8.71. The summed E-state index contributed by atoms with van der Waals surface area (Å²) in [7, 11) is 1.64. The lowest BCUT2D eigenvalue weighted by Crippen LogP contribution is -2.24. The molecule has 0 N–H and O–H groups in total. The fraction of sp³-hybridized carbons (Fsp3) is 0.600. The average molecular weight is 341 g/mol. The zero-order chi connectivity index (χ0) is 11.6. The number of aryl methyl sites for hydroxylation is 1. The second-order valence-electron chi connectivity index (χ2n) is 3.67. The Balaban J connectivity index is 3.28. The van der Waals surface area contributed by atoms with Crippen molar-refractivity contribution in [1.82, 2.24) is 9.97 Å². The molecule has 0 aliphatic carbocycles. The molecule has 0 saturated carbocycles. The zero-order valence-corrected chi connectivity index (χ0v) is 12.2. The Morgan fingerprint density at radius 3 is 2.47 bits per heavy atom. The van der Waals surface area contributed by atoms with Gasteiger partial charge in [0.2, 0.25) is 0 Å². The van der Waals surface area contributed by atoms with E-state index in [1.165, 1.54) is 0 Å². The van der Waals surface area contributed by atoms with Crippen LogP contribution in [0.4, 0.5) is 0 Å². The molecule has 1 aromatic rings. The zero-order valence-electron chi connectivity index (χ0n) is 9.27. The number of ether oxygens (including phenoxy) is 1. The normalized spacial score (nSPS) is 11.9. The molecule has 1 heterocycles. The van der Waals surface area contributed by atoms with Gasteiger partial charge in [0.1, 0.15) is 10.8 Å². The molecule has 1 aromatic heterocycles. The molecule has 0 saturated heterocycles. The molecule has 0 aliphatic rings. The lowest BCUT2D eigenvalue weighted by molar-refractivity contribution is 0.0112. The van der Waals surface area contributed by atoms with Crippen molar-refractivity contribution in [3.63, 3.8) is 0 Å². The molecule has 0 spiro atoms. The molecule has 0 aliphatic heterocycles. The number of rotatable bonds is 3. The molecule has 0 fully saturated rings. The van der Waals surface area contributed by atoms with Crippen molar-refractivity contribution in [2.75, 3.05) is 7.11 Å². The van der Waals surface area contributed by atoms with Gasteiger partial charge in [0, 0.05) is 7.11 Å². The van der Waals surface area contributed by atoms with Crippen LogP contribution < -0.4 is 0 Å². The van der Waals surface area contributed by atoms with Gasteiger partial charge in [-0.05, 0) is 42.9 Å². The van der Waals surface area contributed by atoms with Gasteiger partial charge in [0.05, 0.1) is 9.26 Å². The molecule has 3 nitrogen and oxygen atoms in total. The van der Waals surface area contributed by atoms with Crippen LogP contribution in [-0.2, 0) is 16.8 Å². The van der Waals surface area contributed by atoms with Crippen LogP contribution in [0.2, 0.25) is 5.15 Å². The van der Waals surface area contributed by atoms with Crippen LogP contribution in [0.5, 0.6) is 0 Å². The maximum Gasteiger partial charge on any atom is 0.161 e. The van der Waals surface area contributed by atoms with E-state index in [0.717, 1.165) is 15.7 Å². The highest BCUT2D eigenvalue weighted by Gasteiger charge is 2.25. The number of hydrogen-bond donors (Lipinski definition) is 0. The molecule has 1 rings (SSSR count). The van der Waals surface area contributed by atoms with Gasteiger partial charge in [-0.1, -0.05) is 18.5 Å². The van der Waals surface area contributed by atoms with Gasteiger partial charge in [0.15, 0.2) is 5.82 Å². The fourth-order valence-corrected chi connectivity index (χ4v) is 1.87. The molecule has 0 amide bonds. The summed E-state index contributed by atoms with van der Waals surface area (Å²) in [6.07, 6.45) is 0.841. The van der Waals surface area contributed by atoms with E-state index in [2.05, 4.69) is 32.6 Å². The first-order valence-electron chi connectivity index (χ1n) is 4.70. The Hall–Kier alpha value is 0.0600. The first-order valence-corrected chi connectivity index (χ1v) is 6.15. The largest absolute Gasteiger partial charge is 0.371 e. The maximum absolute atomic E-state index is 6.05. The molecule has 15 heavy (non-hydrogen) atoms. The van der Waals surface area contributed by atoms with Crippen molar-refractivity contribution < 1.29 is 4.74 Å². The van der Waals surface area contributed by atoms with Crippen molar-refractivity contribution >= 4 is 34.2 Å². The maximum atomic E-state index is 6.05. The Morgan fingerprint density at radius 2 is 2.00 bits per heavy atom. The minimum absolute atomic E-state index is 0.502. The SMILES string of the molecule is CCc1nc(C(C)(C)OC)nc(Cl)c1I. The molecule has 0 unspecified atom stereocenters. The summed E-state index contributed by atoms with van der Waals surface area (Å²) in [6.45, 7) is 5.89. The van der Waals surface area contributed by atoms with Crippen LogP contribution >= 0.6 is 34.2 Å². The number of aromatic nitrogens is 2. The predicted octanol–water partition coefficient (Wildman–Crippen LogP) is 3.18. The highest BCUT2D eigenvalue weighted by atomic mass is 127. The summed E-state index contributed by atoms with van der Waals surface area (Å²) >= 11 is 8.21. The van der Waals surface area contributed by atoms with E-state index in [9.17, 15) is 0 Å². The van der Waals surface area contributed by atoms with Crippen LogP contribution in [-0.4, -0.2) is 17.1 Å². The lowest BCUT2D eigenvalue weighted by atomic mass is 10.1. The predicted molar refractivity (Wildman–Crippen MR) is 69.2 cm³/mol. The van der Waals surface area contributed by atoms with Gasteiger partial charge in [-0.3, -0.25) is 0 Å². The lowest BCUT2D eigenvalue weighted by Gasteiger charge is -2.22. The first-order chi connectivity index (χ1) is 6.92. The minimum atomic E-state index is -0.502. The molecule has 0 radical (unpaired) electrons. The van der Waals surface area contributed by atoms with Gasteiger partial charge in [-0.2, -0.15) is 0 Å². The van der Waals surface area contributed by atoms with Gasteiger partial charge in [0.25, 0.3) is 0 Å². The number of methoxy groups -OCH3 is 1. The van der Waals surface area contributed by atoms with E-state index < -0.39 is 5.60 Å². The summed E-state index contributed by atoms with van der Waals surface area (Å²) in [5, 5.41) is 0.502.